The minimum atomic E-state index is -0.744. The first-order chi connectivity index (χ1) is 14.7. The maximum Gasteiger partial charge on any atom is 0.344 e. The van der Waals surface area contributed by atoms with E-state index in [1.165, 1.54) is 31.2 Å². The third-order valence-electron chi connectivity index (χ3n) is 4.32. The molecular formula is C22H19N3O6. The van der Waals surface area contributed by atoms with Crippen LogP contribution in [0, 0.1) is 10.1 Å². The predicted molar refractivity (Wildman–Crippen MR) is 113 cm³/mol. The number of nitro groups is 1. The lowest BCUT2D eigenvalue weighted by Gasteiger charge is -2.12. The summed E-state index contributed by atoms with van der Waals surface area (Å²) in [6, 6.07) is 11.9. The van der Waals surface area contributed by atoms with Gasteiger partial charge in [0.15, 0.2) is 5.84 Å². The van der Waals surface area contributed by atoms with Gasteiger partial charge < -0.3 is 9.84 Å². The Hall–Kier alpha value is -4.14. The molecule has 0 aromatic heterocycles. The number of hydrogen-bond donors (Lipinski definition) is 1. The molecule has 31 heavy (non-hydrogen) atoms. The highest BCUT2D eigenvalue weighted by molar-refractivity contribution is 6.36. The quantitative estimate of drug-likeness (QED) is 0.257. The van der Waals surface area contributed by atoms with Crippen LogP contribution in [0.2, 0.25) is 0 Å². The van der Waals surface area contributed by atoms with Gasteiger partial charge in [-0.05, 0) is 32.9 Å². The number of esters is 1. The molecule has 0 fully saturated rings. The third kappa shape index (κ3) is 4.55. The van der Waals surface area contributed by atoms with Crippen LogP contribution in [0.25, 0.3) is 0 Å². The number of hydrogen-bond acceptors (Lipinski definition) is 6. The lowest BCUT2D eigenvalue weighted by atomic mass is 9.99. The fraction of sp³-hybridized carbons (Fsp3) is 0.182. The summed E-state index contributed by atoms with van der Waals surface area (Å²) in [6.07, 6.45) is -0.407. The van der Waals surface area contributed by atoms with E-state index in [0.29, 0.717) is 11.1 Å². The Morgan fingerprint density at radius 2 is 1.71 bits per heavy atom. The second-order valence-corrected chi connectivity index (χ2v) is 6.97. The number of aliphatic hydroxyl groups is 1. The summed E-state index contributed by atoms with van der Waals surface area (Å²) >= 11 is 0. The SMILES string of the molecule is CC(O)=C(C(=O)OC(C)C)C1=NC(=NC(=O)c2ccc([N+](=O)[O-])cc2)c2ccccc21. The lowest BCUT2D eigenvalue weighted by molar-refractivity contribution is -0.384. The maximum atomic E-state index is 12.6. The number of amides is 1. The van der Waals surface area contributed by atoms with Crippen molar-refractivity contribution in [2.75, 3.05) is 0 Å². The molecule has 0 aliphatic carbocycles. The van der Waals surface area contributed by atoms with E-state index in [1.54, 1.807) is 38.1 Å². The fourth-order valence-electron chi connectivity index (χ4n) is 2.96. The molecule has 9 heteroatoms. The van der Waals surface area contributed by atoms with E-state index in [0.717, 1.165) is 0 Å². The number of amidine groups is 1. The normalized spacial score (nSPS) is 14.7. The largest absolute Gasteiger partial charge is 0.512 e. The van der Waals surface area contributed by atoms with Crippen LogP contribution in [0.5, 0.6) is 0 Å². The van der Waals surface area contributed by atoms with Crippen molar-refractivity contribution >= 4 is 29.1 Å². The van der Waals surface area contributed by atoms with Crippen LogP contribution in [-0.4, -0.2) is 39.6 Å². The number of non-ortho nitro benzene ring substituents is 1. The fourth-order valence-corrected chi connectivity index (χ4v) is 2.96. The number of nitro benzene ring substituents is 1. The monoisotopic (exact) mass is 421 g/mol. The summed E-state index contributed by atoms with van der Waals surface area (Å²) in [4.78, 5) is 43.7. The van der Waals surface area contributed by atoms with Crippen molar-refractivity contribution in [1.29, 1.82) is 0 Å². The summed E-state index contributed by atoms with van der Waals surface area (Å²) in [5, 5.41) is 20.9. The van der Waals surface area contributed by atoms with Gasteiger partial charge in [-0.3, -0.25) is 14.9 Å². The van der Waals surface area contributed by atoms with E-state index in [1.807, 2.05) is 0 Å². The number of carbonyl (C=O) groups is 2. The number of fused-ring (bicyclic) bond motifs is 1. The van der Waals surface area contributed by atoms with Gasteiger partial charge in [0.1, 0.15) is 11.3 Å². The van der Waals surface area contributed by atoms with Crippen LogP contribution < -0.4 is 0 Å². The Bertz CT molecular complexity index is 1160. The third-order valence-corrected chi connectivity index (χ3v) is 4.32. The number of benzene rings is 2. The predicted octanol–water partition coefficient (Wildman–Crippen LogP) is 3.77. The number of carbonyl (C=O) groups excluding carboxylic acids is 2. The molecule has 0 saturated carbocycles. The molecule has 0 saturated heterocycles. The van der Waals surface area contributed by atoms with E-state index in [2.05, 4.69) is 9.98 Å². The summed E-state index contributed by atoms with van der Waals surface area (Å²) in [7, 11) is 0. The molecule has 3 rings (SSSR count). The molecule has 1 N–H and O–H groups in total. The molecule has 0 spiro atoms. The van der Waals surface area contributed by atoms with Crippen LogP contribution >= 0.6 is 0 Å². The number of nitrogens with zero attached hydrogens (tertiary/aromatic N) is 3. The Balaban J connectivity index is 2.04. The highest BCUT2D eigenvalue weighted by Gasteiger charge is 2.31. The average Bonchev–Trinajstić information content (AvgIpc) is 3.05. The van der Waals surface area contributed by atoms with Gasteiger partial charge in [-0.15, -0.1) is 0 Å². The molecule has 1 aliphatic heterocycles. The highest BCUT2D eigenvalue weighted by Crippen LogP contribution is 2.26. The molecule has 2 aromatic rings. The van der Waals surface area contributed by atoms with Gasteiger partial charge in [-0.1, -0.05) is 24.3 Å². The van der Waals surface area contributed by atoms with Gasteiger partial charge in [0.2, 0.25) is 0 Å². The van der Waals surface area contributed by atoms with Crippen molar-refractivity contribution in [2.45, 2.75) is 26.9 Å². The molecule has 0 atom stereocenters. The van der Waals surface area contributed by atoms with Gasteiger partial charge in [0, 0.05) is 28.8 Å². The maximum absolute atomic E-state index is 12.6. The van der Waals surface area contributed by atoms with E-state index in [-0.39, 0.29) is 34.1 Å². The number of rotatable bonds is 5. The summed E-state index contributed by atoms with van der Waals surface area (Å²) < 4.78 is 5.22. The second kappa shape index (κ2) is 8.70. The molecular weight excluding hydrogens is 402 g/mol. The Labute approximate surface area is 177 Å². The van der Waals surface area contributed by atoms with Crippen LogP contribution in [0.1, 0.15) is 42.3 Å². The lowest BCUT2D eigenvalue weighted by Crippen LogP contribution is -2.21. The summed E-state index contributed by atoms with van der Waals surface area (Å²) in [6.45, 7) is 4.71. The zero-order valence-corrected chi connectivity index (χ0v) is 17.0. The molecule has 1 amide bonds. The standard InChI is InChI=1S/C22H19N3O6/c1-12(2)31-22(28)18(13(3)26)19-16-6-4-5-7-17(16)20(23-19)24-21(27)14-8-10-15(11-9-14)25(29)30/h4-12,26H,1-3H3. The summed E-state index contributed by atoms with van der Waals surface area (Å²) in [5.41, 5.74) is 1.05. The molecule has 2 aromatic carbocycles. The topological polar surface area (TPSA) is 131 Å². The zero-order valence-electron chi connectivity index (χ0n) is 17.0. The second-order valence-electron chi connectivity index (χ2n) is 6.97. The van der Waals surface area contributed by atoms with E-state index in [4.69, 9.17) is 4.74 Å². The van der Waals surface area contributed by atoms with Gasteiger partial charge in [-0.25, -0.2) is 9.79 Å². The van der Waals surface area contributed by atoms with Crippen molar-refractivity contribution in [3.8, 4) is 0 Å². The summed E-state index contributed by atoms with van der Waals surface area (Å²) in [5.74, 6) is -1.61. The van der Waals surface area contributed by atoms with Crippen LogP contribution in [0.15, 0.2) is 69.8 Å². The van der Waals surface area contributed by atoms with E-state index in [9.17, 15) is 24.8 Å². The molecule has 0 radical (unpaired) electrons. The van der Waals surface area contributed by atoms with Crippen LogP contribution in [-0.2, 0) is 9.53 Å². The average molecular weight is 421 g/mol. The molecule has 0 bridgehead atoms. The number of allylic oxidation sites excluding steroid dienone is 1. The van der Waals surface area contributed by atoms with Crippen molar-refractivity contribution < 1.29 is 24.4 Å². The van der Waals surface area contributed by atoms with Crippen molar-refractivity contribution in [3.05, 3.63) is 86.7 Å². The Morgan fingerprint density at radius 1 is 1.10 bits per heavy atom. The molecule has 0 unspecified atom stereocenters. The van der Waals surface area contributed by atoms with Gasteiger partial charge >= 0.3 is 5.97 Å². The van der Waals surface area contributed by atoms with Crippen LogP contribution in [0.3, 0.4) is 0 Å². The minimum Gasteiger partial charge on any atom is -0.512 e. The zero-order chi connectivity index (χ0) is 22.7. The molecule has 1 heterocycles. The first kappa shape index (κ1) is 21.6. The van der Waals surface area contributed by atoms with Crippen molar-refractivity contribution in [1.82, 2.24) is 0 Å². The van der Waals surface area contributed by atoms with Gasteiger partial charge in [0.25, 0.3) is 11.6 Å². The Kier molecular flexibility index (Phi) is 6.05. The highest BCUT2D eigenvalue weighted by atomic mass is 16.6. The molecule has 1 aliphatic rings. The van der Waals surface area contributed by atoms with Gasteiger partial charge in [0.05, 0.1) is 16.7 Å². The first-order valence-electron chi connectivity index (χ1n) is 9.36. The van der Waals surface area contributed by atoms with Crippen molar-refractivity contribution in [2.24, 2.45) is 9.98 Å². The first-order valence-corrected chi connectivity index (χ1v) is 9.36. The van der Waals surface area contributed by atoms with Crippen molar-refractivity contribution in [3.63, 3.8) is 0 Å². The smallest absolute Gasteiger partial charge is 0.344 e. The number of ether oxygens (including phenoxy) is 1. The van der Waals surface area contributed by atoms with Crippen LogP contribution in [0.4, 0.5) is 5.69 Å². The molecule has 9 nitrogen and oxygen atoms in total. The minimum absolute atomic E-state index is 0.0602. The van der Waals surface area contributed by atoms with Gasteiger partial charge in [-0.2, -0.15) is 4.99 Å². The van der Waals surface area contributed by atoms with E-state index < -0.39 is 22.9 Å². The Morgan fingerprint density at radius 3 is 2.26 bits per heavy atom. The molecule has 158 valence electrons. The van der Waals surface area contributed by atoms with E-state index >= 15 is 0 Å². The number of aliphatic imine (C=N–C) groups is 2. The number of aliphatic hydroxyl groups excluding tert-OH is 1.